The van der Waals surface area contributed by atoms with Gasteiger partial charge in [-0.1, -0.05) is 13.8 Å². The van der Waals surface area contributed by atoms with Crippen molar-refractivity contribution >= 4 is 11.8 Å². The summed E-state index contributed by atoms with van der Waals surface area (Å²) in [4.78, 5) is 28.7. The highest BCUT2D eigenvalue weighted by Crippen LogP contribution is 2.29. The highest BCUT2D eigenvalue weighted by molar-refractivity contribution is 5.89. The zero-order valence-corrected chi connectivity index (χ0v) is 12.9. The van der Waals surface area contributed by atoms with Gasteiger partial charge in [-0.25, -0.2) is 0 Å². The van der Waals surface area contributed by atoms with Gasteiger partial charge in [0.05, 0.1) is 0 Å². The average molecular weight is 281 g/mol. The van der Waals surface area contributed by atoms with Crippen LogP contribution in [-0.2, 0) is 9.59 Å². The van der Waals surface area contributed by atoms with Gasteiger partial charge in [0.25, 0.3) is 0 Å². The molecule has 0 unspecified atom stereocenters. The summed E-state index contributed by atoms with van der Waals surface area (Å²) in [5, 5.41) is 2.97. The van der Waals surface area contributed by atoms with Gasteiger partial charge in [0.15, 0.2) is 0 Å². The molecule has 1 atom stereocenters. The molecule has 1 aliphatic heterocycles. The van der Waals surface area contributed by atoms with Crippen LogP contribution in [0.3, 0.4) is 0 Å². The second-order valence-electron chi connectivity index (χ2n) is 6.59. The molecule has 0 radical (unpaired) electrons. The topological polar surface area (TPSA) is 52.7 Å². The molecule has 1 heterocycles. The van der Waals surface area contributed by atoms with Gasteiger partial charge in [-0.3, -0.25) is 9.59 Å². The third-order valence-electron chi connectivity index (χ3n) is 4.08. The Kier molecular flexibility index (Phi) is 5.02. The molecule has 114 valence electrons. The number of nitrogens with zero attached hydrogens (tertiary/aromatic N) is 2. The molecule has 2 rings (SSSR count). The van der Waals surface area contributed by atoms with Crippen LogP contribution in [0, 0.1) is 11.8 Å². The van der Waals surface area contributed by atoms with Crippen LogP contribution in [0.2, 0.25) is 0 Å². The van der Waals surface area contributed by atoms with E-state index in [1.165, 1.54) is 0 Å². The summed E-state index contributed by atoms with van der Waals surface area (Å²) in [5.41, 5.74) is 0. The highest BCUT2D eigenvalue weighted by Gasteiger charge is 2.34. The smallest absolute Gasteiger partial charge is 0.245 e. The van der Waals surface area contributed by atoms with Crippen LogP contribution in [0.25, 0.3) is 0 Å². The van der Waals surface area contributed by atoms with E-state index in [0.717, 1.165) is 45.4 Å². The van der Waals surface area contributed by atoms with E-state index in [4.69, 9.17) is 0 Å². The van der Waals surface area contributed by atoms with Gasteiger partial charge in [0, 0.05) is 32.1 Å². The molecule has 0 aromatic carbocycles. The van der Waals surface area contributed by atoms with Crippen molar-refractivity contribution in [3.05, 3.63) is 0 Å². The first kappa shape index (κ1) is 15.3. The lowest BCUT2D eigenvalue weighted by atomic mass is 10.0. The molecule has 0 spiro atoms. The maximum Gasteiger partial charge on any atom is 0.245 e. The minimum Gasteiger partial charge on any atom is -0.344 e. The minimum atomic E-state index is -0.341. The fraction of sp³-hybridized carbons (Fsp3) is 0.867. The predicted octanol–water partition coefficient (Wildman–Crippen LogP) is 0.701. The lowest BCUT2D eigenvalue weighted by molar-refractivity contribution is -0.138. The Hall–Kier alpha value is -1.10. The van der Waals surface area contributed by atoms with Gasteiger partial charge in [-0.2, -0.15) is 0 Å². The summed E-state index contributed by atoms with van der Waals surface area (Å²) < 4.78 is 0. The van der Waals surface area contributed by atoms with Crippen molar-refractivity contribution in [3.8, 4) is 0 Å². The van der Waals surface area contributed by atoms with Gasteiger partial charge < -0.3 is 15.1 Å². The van der Waals surface area contributed by atoms with E-state index in [1.54, 1.807) is 0 Å². The summed E-state index contributed by atoms with van der Waals surface area (Å²) in [6.45, 7) is 7.54. The molecule has 5 nitrogen and oxygen atoms in total. The molecule has 20 heavy (non-hydrogen) atoms. The molecule has 2 fully saturated rings. The van der Waals surface area contributed by atoms with Gasteiger partial charge in [0.1, 0.15) is 6.04 Å². The van der Waals surface area contributed by atoms with Gasteiger partial charge in [-0.05, 0) is 32.2 Å². The number of likely N-dealkylation sites (N-methyl/N-ethyl adjacent to an activating group) is 1. The molecule has 1 aliphatic carbocycles. The van der Waals surface area contributed by atoms with Crippen molar-refractivity contribution in [2.24, 2.45) is 11.8 Å². The molecular formula is C15H27N3O2. The lowest BCUT2D eigenvalue weighted by Crippen LogP contribution is -2.54. The number of carbonyl (C=O) groups excluding carboxylic acids is 2. The Morgan fingerprint density at radius 2 is 1.75 bits per heavy atom. The molecule has 2 aliphatic rings. The van der Waals surface area contributed by atoms with Crippen molar-refractivity contribution in [2.75, 3.05) is 33.2 Å². The zero-order chi connectivity index (χ0) is 14.7. The van der Waals surface area contributed by atoms with Crippen LogP contribution >= 0.6 is 0 Å². The van der Waals surface area contributed by atoms with E-state index < -0.39 is 0 Å². The second kappa shape index (κ2) is 6.57. The summed E-state index contributed by atoms with van der Waals surface area (Å²) in [6, 6.07) is -0.341. The summed E-state index contributed by atoms with van der Waals surface area (Å²) in [5.74, 6) is 0.722. The molecule has 0 aromatic heterocycles. The molecular weight excluding hydrogens is 254 g/mol. The third kappa shape index (κ3) is 4.20. The molecule has 5 heteroatoms. The SMILES string of the molecule is CC(C)C[C@H](NC(=O)C1CC1)C(=O)N1CCN(C)CC1. The molecule has 1 saturated heterocycles. The van der Waals surface area contributed by atoms with Crippen molar-refractivity contribution in [2.45, 2.75) is 39.2 Å². The number of hydrogen-bond acceptors (Lipinski definition) is 3. The Balaban J connectivity index is 1.93. The first-order valence-corrected chi connectivity index (χ1v) is 7.75. The predicted molar refractivity (Wildman–Crippen MR) is 78.2 cm³/mol. The van der Waals surface area contributed by atoms with Gasteiger partial charge >= 0.3 is 0 Å². The monoisotopic (exact) mass is 281 g/mol. The standard InChI is InChI=1S/C15H27N3O2/c1-11(2)10-13(16-14(19)12-4-5-12)15(20)18-8-6-17(3)7-9-18/h11-13H,4-10H2,1-3H3,(H,16,19)/t13-/m0/s1. The van der Waals surface area contributed by atoms with E-state index in [9.17, 15) is 9.59 Å². The van der Waals surface area contributed by atoms with Crippen molar-refractivity contribution < 1.29 is 9.59 Å². The maximum atomic E-state index is 12.6. The second-order valence-corrected chi connectivity index (χ2v) is 6.59. The number of nitrogens with one attached hydrogen (secondary N) is 1. The van der Waals surface area contributed by atoms with E-state index in [2.05, 4.69) is 31.1 Å². The molecule has 2 amide bonds. The molecule has 1 saturated carbocycles. The Morgan fingerprint density at radius 3 is 2.25 bits per heavy atom. The fourth-order valence-electron chi connectivity index (χ4n) is 2.58. The first-order chi connectivity index (χ1) is 9.47. The van der Waals surface area contributed by atoms with Crippen molar-refractivity contribution in [1.29, 1.82) is 0 Å². The third-order valence-corrected chi connectivity index (χ3v) is 4.08. The quantitative estimate of drug-likeness (QED) is 0.807. The van der Waals surface area contributed by atoms with Crippen LogP contribution < -0.4 is 5.32 Å². The van der Waals surface area contributed by atoms with Gasteiger partial charge in [0.2, 0.25) is 11.8 Å². The van der Waals surface area contributed by atoms with Crippen LogP contribution in [0.4, 0.5) is 0 Å². The van der Waals surface area contributed by atoms with Crippen molar-refractivity contribution in [3.63, 3.8) is 0 Å². The summed E-state index contributed by atoms with van der Waals surface area (Å²) in [6.07, 6.45) is 2.68. The van der Waals surface area contributed by atoms with Gasteiger partial charge in [-0.15, -0.1) is 0 Å². The van der Waals surface area contributed by atoms with Crippen LogP contribution in [0.5, 0.6) is 0 Å². The Morgan fingerprint density at radius 1 is 1.15 bits per heavy atom. The van der Waals surface area contributed by atoms with E-state index in [-0.39, 0.29) is 23.8 Å². The summed E-state index contributed by atoms with van der Waals surface area (Å²) in [7, 11) is 2.07. The maximum absolute atomic E-state index is 12.6. The molecule has 0 aromatic rings. The number of amides is 2. The van der Waals surface area contributed by atoms with E-state index >= 15 is 0 Å². The fourth-order valence-corrected chi connectivity index (χ4v) is 2.58. The number of carbonyl (C=O) groups is 2. The minimum absolute atomic E-state index is 0.0677. The number of piperazine rings is 1. The lowest BCUT2D eigenvalue weighted by Gasteiger charge is -2.35. The Labute approximate surface area is 121 Å². The van der Waals surface area contributed by atoms with E-state index in [0.29, 0.717) is 5.92 Å². The molecule has 1 N–H and O–H groups in total. The van der Waals surface area contributed by atoms with Crippen molar-refractivity contribution in [1.82, 2.24) is 15.1 Å². The van der Waals surface area contributed by atoms with E-state index in [1.807, 2.05) is 4.90 Å². The molecule has 0 bridgehead atoms. The first-order valence-electron chi connectivity index (χ1n) is 7.75. The highest BCUT2D eigenvalue weighted by atomic mass is 16.2. The Bertz CT molecular complexity index is 358. The van der Waals surface area contributed by atoms with Crippen LogP contribution in [0.15, 0.2) is 0 Å². The number of rotatable bonds is 5. The largest absolute Gasteiger partial charge is 0.344 e. The van der Waals surface area contributed by atoms with Crippen LogP contribution in [0.1, 0.15) is 33.1 Å². The van der Waals surface area contributed by atoms with Crippen LogP contribution in [-0.4, -0.2) is 60.9 Å². The zero-order valence-electron chi connectivity index (χ0n) is 12.9. The normalized spacial score (nSPS) is 21.9. The number of hydrogen-bond donors (Lipinski definition) is 1. The average Bonchev–Trinajstić information content (AvgIpc) is 3.21. The summed E-state index contributed by atoms with van der Waals surface area (Å²) >= 11 is 0.